The fourth-order valence-electron chi connectivity index (χ4n) is 2.28. The van der Waals surface area contributed by atoms with Crippen molar-refractivity contribution in [2.45, 2.75) is 27.2 Å². The topological polar surface area (TPSA) is 56.8 Å². The number of methoxy groups -OCH3 is 1. The molecular weight excluding hydrogens is 330 g/mol. The van der Waals surface area contributed by atoms with E-state index in [0.29, 0.717) is 29.7 Å². The lowest BCUT2D eigenvalue weighted by molar-refractivity contribution is -0.118. The molecule has 0 unspecified atom stereocenters. The lowest BCUT2D eigenvalue weighted by atomic mass is 10.1. The van der Waals surface area contributed by atoms with Crippen molar-refractivity contribution in [3.8, 4) is 17.2 Å². The summed E-state index contributed by atoms with van der Waals surface area (Å²) in [6.45, 7) is 6.89. The van der Waals surface area contributed by atoms with E-state index in [1.807, 2.05) is 43.3 Å². The number of benzene rings is 2. The Morgan fingerprint density at radius 2 is 1.77 bits per heavy atom. The summed E-state index contributed by atoms with van der Waals surface area (Å²) in [5, 5.41) is 2.80. The first-order valence-electron chi connectivity index (χ1n) is 8.78. The van der Waals surface area contributed by atoms with Crippen LogP contribution in [0.4, 0.5) is 5.69 Å². The summed E-state index contributed by atoms with van der Waals surface area (Å²) in [6.07, 6.45) is 1.01. The molecule has 1 amide bonds. The fraction of sp³-hybridized carbons (Fsp3) is 0.381. The van der Waals surface area contributed by atoms with E-state index >= 15 is 0 Å². The molecule has 0 atom stereocenters. The molecular formula is C21H27NO4. The van der Waals surface area contributed by atoms with Crippen molar-refractivity contribution in [3.63, 3.8) is 0 Å². The van der Waals surface area contributed by atoms with Gasteiger partial charge in [0.1, 0.15) is 5.75 Å². The quantitative estimate of drug-likeness (QED) is 0.720. The normalized spacial score (nSPS) is 10.5. The van der Waals surface area contributed by atoms with Crippen LogP contribution in [0.3, 0.4) is 0 Å². The average Bonchev–Trinajstić information content (AvgIpc) is 2.61. The Kier molecular flexibility index (Phi) is 7.33. The van der Waals surface area contributed by atoms with Gasteiger partial charge in [-0.1, -0.05) is 19.9 Å². The summed E-state index contributed by atoms with van der Waals surface area (Å²) in [4.78, 5) is 12.1. The van der Waals surface area contributed by atoms with Gasteiger partial charge in [0.25, 0.3) is 5.91 Å². The van der Waals surface area contributed by atoms with E-state index in [1.54, 1.807) is 13.2 Å². The van der Waals surface area contributed by atoms with E-state index in [9.17, 15) is 4.79 Å². The fourth-order valence-corrected chi connectivity index (χ4v) is 2.28. The van der Waals surface area contributed by atoms with Gasteiger partial charge in [0.15, 0.2) is 18.1 Å². The molecule has 0 aromatic heterocycles. The molecule has 0 heterocycles. The zero-order chi connectivity index (χ0) is 18.9. The maximum atomic E-state index is 12.1. The van der Waals surface area contributed by atoms with Gasteiger partial charge in [0.2, 0.25) is 0 Å². The molecule has 0 bridgehead atoms. The van der Waals surface area contributed by atoms with Crippen molar-refractivity contribution < 1.29 is 19.0 Å². The Balaban J connectivity index is 1.82. The maximum absolute atomic E-state index is 12.1. The third-order valence-electron chi connectivity index (χ3n) is 3.78. The Morgan fingerprint density at radius 3 is 2.42 bits per heavy atom. The number of hydrogen-bond donors (Lipinski definition) is 1. The monoisotopic (exact) mass is 357 g/mol. The molecule has 2 aromatic rings. The van der Waals surface area contributed by atoms with Crippen LogP contribution in [0, 0.1) is 12.8 Å². The summed E-state index contributed by atoms with van der Waals surface area (Å²) in [5.41, 5.74) is 1.76. The second kappa shape index (κ2) is 9.70. The molecule has 0 saturated carbocycles. The SMILES string of the molecule is COc1cc(C)ccc1OCC(=O)Nc1ccc(OCCC(C)C)cc1. The highest BCUT2D eigenvalue weighted by molar-refractivity contribution is 5.91. The highest BCUT2D eigenvalue weighted by Gasteiger charge is 2.08. The van der Waals surface area contributed by atoms with Crippen molar-refractivity contribution in [1.82, 2.24) is 0 Å². The highest BCUT2D eigenvalue weighted by atomic mass is 16.5. The molecule has 0 spiro atoms. The average molecular weight is 357 g/mol. The van der Waals surface area contributed by atoms with Crippen LogP contribution in [0.15, 0.2) is 42.5 Å². The van der Waals surface area contributed by atoms with Gasteiger partial charge in [-0.05, 0) is 61.2 Å². The number of ether oxygens (including phenoxy) is 3. The van der Waals surface area contributed by atoms with Gasteiger partial charge in [-0.3, -0.25) is 4.79 Å². The summed E-state index contributed by atoms with van der Waals surface area (Å²) in [6, 6.07) is 12.9. The first kappa shape index (κ1) is 19.6. The molecule has 5 heteroatoms. The van der Waals surface area contributed by atoms with Crippen LogP contribution in [-0.2, 0) is 4.79 Å². The molecule has 0 fully saturated rings. The Morgan fingerprint density at radius 1 is 1.04 bits per heavy atom. The van der Waals surface area contributed by atoms with E-state index in [1.165, 1.54) is 0 Å². The molecule has 0 aliphatic carbocycles. The second-order valence-electron chi connectivity index (χ2n) is 6.55. The zero-order valence-electron chi connectivity index (χ0n) is 15.9. The van der Waals surface area contributed by atoms with Crippen LogP contribution in [0.25, 0.3) is 0 Å². The minimum absolute atomic E-state index is 0.0912. The summed E-state index contributed by atoms with van der Waals surface area (Å²) in [5.74, 6) is 2.33. The second-order valence-corrected chi connectivity index (χ2v) is 6.55. The van der Waals surface area contributed by atoms with Crippen LogP contribution >= 0.6 is 0 Å². The maximum Gasteiger partial charge on any atom is 0.262 e. The van der Waals surface area contributed by atoms with Gasteiger partial charge in [-0.15, -0.1) is 0 Å². The van der Waals surface area contributed by atoms with E-state index in [4.69, 9.17) is 14.2 Å². The Hall–Kier alpha value is -2.69. The van der Waals surface area contributed by atoms with Crippen molar-refractivity contribution in [3.05, 3.63) is 48.0 Å². The lowest BCUT2D eigenvalue weighted by Crippen LogP contribution is -2.20. The predicted octanol–water partition coefficient (Wildman–Crippen LogP) is 4.45. The molecule has 2 rings (SSSR count). The van der Waals surface area contributed by atoms with Gasteiger partial charge in [0.05, 0.1) is 13.7 Å². The lowest BCUT2D eigenvalue weighted by Gasteiger charge is -2.12. The zero-order valence-corrected chi connectivity index (χ0v) is 15.9. The number of amides is 1. The van der Waals surface area contributed by atoms with Crippen LogP contribution in [0.2, 0.25) is 0 Å². The number of aryl methyl sites for hydroxylation is 1. The predicted molar refractivity (Wildman–Crippen MR) is 103 cm³/mol. The summed E-state index contributed by atoms with van der Waals surface area (Å²) < 4.78 is 16.5. The molecule has 1 N–H and O–H groups in total. The minimum atomic E-state index is -0.235. The molecule has 140 valence electrons. The van der Waals surface area contributed by atoms with Crippen LogP contribution < -0.4 is 19.5 Å². The van der Waals surface area contributed by atoms with Crippen molar-refractivity contribution in [1.29, 1.82) is 0 Å². The summed E-state index contributed by atoms with van der Waals surface area (Å²) in [7, 11) is 1.58. The molecule has 0 aliphatic rings. The van der Waals surface area contributed by atoms with Crippen LogP contribution in [-0.4, -0.2) is 26.2 Å². The van der Waals surface area contributed by atoms with Crippen LogP contribution in [0.1, 0.15) is 25.8 Å². The molecule has 26 heavy (non-hydrogen) atoms. The Labute approximate surface area is 155 Å². The highest BCUT2D eigenvalue weighted by Crippen LogP contribution is 2.27. The van der Waals surface area contributed by atoms with Crippen molar-refractivity contribution in [2.75, 3.05) is 25.6 Å². The molecule has 5 nitrogen and oxygen atoms in total. The first-order valence-corrected chi connectivity index (χ1v) is 8.78. The largest absolute Gasteiger partial charge is 0.494 e. The molecule has 2 aromatic carbocycles. The van der Waals surface area contributed by atoms with Gasteiger partial charge < -0.3 is 19.5 Å². The molecule has 0 radical (unpaired) electrons. The first-order chi connectivity index (χ1) is 12.5. The molecule has 0 saturated heterocycles. The Bertz CT molecular complexity index is 710. The van der Waals surface area contributed by atoms with Crippen molar-refractivity contribution >= 4 is 11.6 Å². The number of anilines is 1. The van der Waals surface area contributed by atoms with Gasteiger partial charge >= 0.3 is 0 Å². The third kappa shape index (κ3) is 6.31. The number of hydrogen-bond acceptors (Lipinski definition) is 4. The van der Waals surface area contributed by atoms with E-state index in [2.05, 4.69) is 19.2 Å². The van der Waals surface area contributed by atoms with E-state index in [0.717, 1.165) is 17.7 Å². The number of carbonyl (C=O) groups is 1. The van der Waals surface area contributed by atoms with Gasteiger partial charge in [0, 0.05) is 5.69 Å². The van der Waals surface area contributed by atoms with Gasteiger partial charge in [-0.2, -0.15) is 0 Å². The minimum Gasteiger partial charge on any atom is -0.494 e. The third-order valence-corrected chi connectivity index (χ3v) is 3.78. The van der Waals surface area contributed by atoms with Crippen molar-refractivity contribution in [2.24, 2.45) is 5.92 Å². The summed E-state index contributed by atoms with van der Waals surface area (Å²) >= 11 is 0. The van der Waals surface area contributed by atoms with Gasteiger partial charge in [-0.25, -0.2) is 0 Å². The molecule has 0 aliphatic heterocycles. The van der Waals surface area contributed by atoms with E-state index < -0.39 is 0 Å². The number of nitrogens with one attached hydrogen (secondary N) is 1. The number of rotatable bonds is 9. The van der Waals surface area contributed by atoms with Crippen LogP contribution in [0.5, 0.6) is 17.2 Å². The number of carbonyl (C=O) groups excluding carboxylic acids is 1. The smallest absolute Gasteiger partial charge is 0.262 e. The van der Waals surface area contributed by atoms with E-state index in [-0.39, 0.29) is 12.5 Å². The standard InChI is InChI=1S/C21H27NO4/c1-15(2)11-12-25-18-8-6-17(7-9-18)22-21(23)14-26-19-10-5-16(3)13-20(19)24-4/h5-10,13,15H,11-12,14H2,1-4H3,(H,22,23).